The van der Waals surface area contributed by atoms with Gasteiger partial charge in [0.05, 0.1) is 24.0 Å². The maximum atomic E-state index is 6.10. The fourth-order valence-electron chi connectivity index (χ4n) is 2.32. The van der Waals surface area contributed by atoms with Crippen LogP contribution in [0.3, 0.4) is 0 Å². The first-order valence-corrected chi connectivity index (χ1v) is 7.00. The van der Waals surface area contributed by atoms with Crippen molar-refractivity contribution in [2.75, 3.05) is 11.2 Å². The third-order valence-electron chi connectivity index (χ3n) is 3.18. The van der Waals surface area contributed by atoms with Crippen LogP contribution in [0.2, 0.25) is 0 Å². The van der Waals surface area contributed by atoms with Crippen LogP contribution in [-0.2, 0) is 0 Å². The summed E-state index contributed by atoms with van der Waals surface area (Å²) in [5.74, 6) is 1.90. The molecule has 1 aromatic rings. The van der Waals surface area contributed by atoms with E-state index < -0.39 is 0 Å². The van der Waals surface area contributed by atoms with Crippen LogP contribution in [0.5, 0.6) is 5.88 Å². The predicted molar refractivity (Wildman–Crippen MR) is 73.3 cm³/mol. The summed E-state index contributed by atoms with van der Waals surface area (Å²) in [7, 11) is 0. The first-order chi connectivity index (χ1) is 8.63. The lowest BCUT2D eigenvalue weighted by molar-refractivity contribution is 0.232. The van der Waals surface area contributed by atoms with Crippen molar-refractivity contribution in [2.45, 2.75) is 51.2 Å². The van der Waals surface area contributed by atoms with Crippen LogP contribution in [0.4, 0.5) is 5.82 Å². The first-order valence-electron chi connectivity index (χ1n) is 6.46. The summed E-state index contributed by atoms with van der Waals surface area (Å²) < 4.78 is 5.54. The molecule has 0 unspecified atom stereocenters. The van der Waals surface area contributed by atoms with Gasteiger partial charge >= 0.3 is 0 Å². The lowest BCUT2D eigenvalue weighted by Crippen LogP contribution is -2.37. The van der Waals surface area contributed by atoms with Crippen molar-refractivity contribution in [2.24, 2.45) is 0 Å². The van der Waals surface area contributed by atoms with Crippen molar-refractivity contribution in [1.82, 2.24) is 9.97 Å². The van der Waals surface area contributed by atoms with E-state index >= 15 is 0 Å². The molecule has 1 aromatic heterocycles. The van der Waals surface area contributed by atoms with Gasteiger partial charge in [-0.3, -0.25) is 4.98 Å². The Bertz CT molecular complexity index is 392. The fourth-order valence-corrected chi connectivity index (χ4v) is 2.66. The Morgan fingerprint density at radius 3 is 2.72 bits per heavy atom. The number of rotatable bonds is 5. The Morgan fingerprint density at radius 1 is 1.39 bits per heavy atom. The molecule has 1 saturated carbocycles. The minimum absolute atomic E-state index is 0.0211. The van der Waals surface area contributed by atoms with E-state index in [2.05, 4.69) is 15.3 Å². The minimum atomic E-state index is -0.0211. The maximum Gasteiger partial charge on any atom is 0.234 e. The van der Waals surface area contributed by atoms with Crippen LogP contribution in [0.25, 0.3) is 0 Å². The van der Waals surface area contributed by atoms with Crippen molar-refractivity contribution in [3.63, 3.8) is 0 Å². The highest BCUT2D eigenvalue weighted by atomic mass is 35.5. The molecule has 18 heavy (non-hydrogen) atoms. The Balaban J connectivity index is 2.08. The zero-order valence-corrected chi connectivity index (χ0v) is 11.7. The number of anilines is 1. The van der Waals surface area contributed by atoms with Gasteiger partial charge in [0, 0.05) is 5.88 Å². The van der Waals surface area contributed by atoms with Crippen molar-refractivity contribution >= 4 is 17.4 Å². The van der Waals surface area contributed by atoms with Gasteiger partial charge in [-0.05, 0) is 26.7 Å². The molecule has 0 amide bonds. The molecule has 1 heterocycles. The number of aromatic nitrogens is 2. The van der Waals surface area contributed by atoms with Crippen molar-refractivity contribution in [1.29, 1.82) is 0 Å². The summed E-state index contributed by atoms with van der Waals surface area (Å²) in [5, 5.41) is 3.43. The van der Waals surface area contributed by atoms with E-state index in [9.17, 15) is 0 Å². The molecule has 100 valence electrons. The number of nitrogens with zero attached hydrogens (tertiary/aromatic N) is 2. The van der Waals surface area contributed by atoms with Gasteiger partial charge in [0.2, 0.25) is 5.88 Å². The Hall–Kier alpha value is -1.03. The highest BCUT2D eigenvalue weighted by molar-refractivity contribution is 6.18. The number of nitrogens with one attached hydrogen (secondary N) is 1. The summed E-state index contributed by atoms with van der Waals surface area (Å²) >= 11 is 6.10. The molecule has 0 atom stereocenters. The van der Waals surface area contributed by atoms with E-state index in [-0.39, 0.29) is 11.6 Å². The predicted octanol–water partition coefficient (Wildman–Crippen LogP) is 3.23. The van der Waals surface area contributed by atoms with Gasteiger partial charge in [0.1, 0.15) is 5.82 Å². The average Bonchev–Trinajstić information content (AvgIpc) is 2.78. The Labute approximate surface area is 113 Å². The molecule has 0 saturated heterocycles. The average molecular weight is 270 g/mol. The van der Waals surface area contributed by atoms with Gasteiger partial charge in [-0.15, -0.1) is 11.6 Å². The molecule has 0 aliphatic heterocycles. The molecular weight excluding hydrogens is 250 g/mol. The minimum Gasteiger partial charge on any atom is -0.474 e. The lowest BCUT2D eigenvalue weighted by atomic mass is 10.0. The standard InChI is InChI=1S/C13H20ClN3O/c1-10(2)18-12-8-15-7-11(16-12)17-13(9-14)5-3-4-6-13/h7-8,10H,3-6,9H2,1-2H3,(H,16,17). The molecule has 0 radical (unpaired) electrons. The van der Waals surface area contributed by atoms with Gasteiger partial charge in [-0.2, -0.15) is 4.98 Å². The van der Waals surface area contributed by atoms with E-state index in [0.717, 1.165) is 18.7 Å². The van der Waals surface area contributed by atoms with Gasteiger partial charge in [0.25, 0.3) is 0 Å². The molecule has 2 rings (SSSR count). The zero-order valence-electron chi connectivity index (χ0n) is 10.9. The molecule has 4 nitrogen and oxygen atoms in total. The van der Waals surface area contributed by atoms with E-state index in [1.807, 2.05) is 13.8 Å². The van der Waals surface area contributed by atoms with Crippen LogP contribution >= 0.6 is 11.6 Å². The SMILES string of the molecule is CC(C)Oc1cncc(NC2(CCl)CCCC2)n1. The molecule has 1 aliphatic rings. The Kier molecular flexibility index (Phi) is 4.27. The van der Waals surface area contributed by atoms with E-state index in [1.165, 1.54) is 12.8 Å². The fraction of sp³-hybridized carbons (Fsp3) is 0.692. The van der Waals surface area contributed by atoms with Crippen LogP contribution < -0.4 is 10.1 Å². The molecule has 1 fully saturated rings. The van der Waals surface area contributed by atoms with E-state index in [4.69, 9.17) is 16.3 Å². The largest absolute Gasteiger partial charge is 0.474 e. The molecule has 0 bridgehead atoms. The second-order valence-electron chi connectivity index (χ2n) is 5.16. The van der Waals surface area contributed by atoms with Gasteiger partial charge in [-0.25, -0.2) is 0 Å². The number of hydrogen-bond acceptors (Lipinski definition) is 4. The maximum absolute atomic E-state index is 6.10. The highest BCUT2D eigenvalue weighted by Crippen LogP contribution is 2.33. The Morgan fingerprint density at radius 2 is 2.11 bits per heavy atom. The summed E-state index contributed by atoms with van der Waals surface area (Å²) in [5.41, 5.74) is -0.0211. The molecular formula is C13H20ClN3O. The quantitative estimate of drug-likeness (QED) is 0.834. The summed E-state index contributed by atoms with van der Waals surface area (Å²) in [6, 6.07) is 0. The third-order valence-corrected chi connectivity index (χ3v) is 3.69. The van der Waals surface area contributed by atoms with Gasteiger partial charge < -0.3 is 10.1 Å². The molecule has 1 aliphatic carbocycles. The highest BCUT2D eigenvalue weighted by Gasteiger charge is 2.33. The second-order valence-corrected chi connectivity index (χ2v) is 5.42. The van der Waals surface area contributed by atoms with Crippen LogP contribution in [0, 0.1) is 0 Å². The normalized spacial score (nSPS) is 18.0. The monoisotopic (exact) mass is 269 g/mol. The van der Waals surface area contributed by atoms with Gasteiger partial charge in [-0.1, -0.05) is 12.8 Å². The van der Waals surface area contributed by atoms with Crippen LogP contribution in [-0.4, -0.2) is 27.5 Å². The molecule has 1 N–H and O–H groups in total. The van der Waals surface area contributed by atoms with Crippen molar-refractivity contribution in [3.8, 4) is 5.88 Å². The van der Waals surface area contributed by atoms with E-state index in [0.29, 0.717) is 11.8 Å². The zero-order chi connectivity index (χ0) is 13.0. The molecule has 0 spiro atoms. The summed E-state index contributed by atoms with van der Waals surface area (Å²) in [4.78, 5) is 8.57. The molecule has 0 aromatic carbocycles. The number of ether oxygens (including phenoxy) is 1. The summed E-state index contributed by atoms with van der Waals surface area (Å²) in [6.45, 7) is 3.94. The van der Waals surface area contributed by atoms with E-state index in [1.54, 1.807) is 12.4 Å². The number of halogens is 1. The second kappa shape index (κ2) is 5.74. The topological polar surface area (TPSA) is 47.0 Å². The van der Waals surface area contributed by atoms with Crippen molar-refractivity contribution in [3.05, 3.63) is 12.4 Å². The molecule has 5 heteroatoms. The van der Waals surface area contributed by atoms with Gasteiger partial charge in [0.15, 0.2) is 0 Å². The van der Waals surface area contributed by atoms with Crippen LogP contribution in [0.15, 0.2) is 12.4 Å². The summed E-state index contributed by atoms with van der Waals surface area (Å²) in [6.07, 6.45) is 8.07. The number of hydrogen-bond donors (Lipinski definition) is 1. The smallest absolute Gasteiger partial charge is 0.234 e. The van der Waals surface area contributed by atoms with Crippen molar-refractivity contribution < 1.29 is 4.74 Å². The first kappa shape index (κ1) is 13.4. The number of alkyl halides is 1. The van der Waals surface area contributed by atoms with Crippen LogP contribution in [0.1, 0.15) is 39.5 Å². The third kappa shape index (κ3) is 3.25. The lowest BCUT2D eigenvalue weighted by Gasteiger charge is -2.28.